The fourth-order valence-electron chi connectivity index (χ4n) is 2.30. The summed E-state index contributed by atoms with van der Waals surface area (Å²) < 4.78 is 10.2. The van der Waals surface area contributed by atoms with Crippen LogP contribution in [-0.4, -0.2) is 25.2 Å². The van der Waals surface area contributed by atoms with E-state index in [9.17, 15) is 9.59 Å². The largest absolute Gasteiger partial charge is 0.462 e. The lowest BCUT2D eigenvalue weighted by Crippen LogP contribution is -2.10. The van der Waals surface area contributed by atoms with Gasteiger partial charge in [-0.15, -0.1) is 11.3 Å². The summed E-state index contributed by atoms with van der Waals surface area (Å²) in [4.78, 5) is 24.8. The minimum atomic E-state index is -0.464. The summed E-state index contributed by atoms with van der Waals surface area (Å²) in [7, 11) is 0. The van der Waals surface area contributed by atoms with Crippen LogP contribution in [0.15, 0.2) is 24.3 Å². The van der Waals surface area contributed by atoms with Crippen molar-refractivity contribution < 1.29 is 19.1 Å². The highest BCUT2D eigenvalue weighted by Gasteiger charge is 2.26. The Bertz CT molecular complexity index is 772. The Kier molecular flexibility index (Phi) is 6.84. The van der Waals surface area contributed by atoms with Gasteiger partial charge in [0.1, 0.15) is 9.88 Å². The summed E-state index contributed by atoms with van der Waals surface area (Å²) in [5, 5.41) is 4.39. The second kappa shape index (κ2) is 8.87. The average Bonchev–Trinajstić information content (AvgIpc) is 2.91. The molecule has 0 fully saturated rings. The highest BCUT2D eigenvalue weighted by atomic mass is 35.5. The van der Waals surface area contributed by atoms with Crippen LogP contribution in [0.2, 0.25) is 5.02 Å². The number of halogens is 1. The number of anilines is 1. The summed E-state index contributed by atoms with van der Waals surface area (Å²) >= 11 is 7.35. The molecule has 7 heteroatoms. The highest BCUT2D eigenvalue weighted by molar-refractivity contribution is 7.18. The molecule has 0 atom stereocenters. The second-order valence-electron chi connectivity index (χ2n) is 5.15. The summed E-state index contributed by atoms with van der Waals surface area (Å²) in [6.45, 7) is 6.15. The maximum absolute atomic E-state index is 12.3. The van der Waals surface area contributed by atoms with Crippen LogP contribution in [-0.2, 0) is 16.0 Å². The van der Waals surface area contributed by atoms with Crippen LogP contribution >= 0.6 is 22.9 Å². The van der Waals surface area contributed by atoms with Gasteiger partial charge >= 0.3 is 11.9 Å². The number of esters is 2. The topological polar surface area (TPSA) is 64.6 Å². The standard InChI is InChI=1S/C18H20ClNO4S/c1-4-23-17(21)14-11(3)15(18(22)24-5-2)25-16(14)20-10-12-8-6-7-9-13(12)19/h6-9,20H,4-5,10H2,1-3H3. The normalized spacial score (nSPS) is 10.4. The van der Waals surface area contributed by atoms with E-state index in [0.29, 0.717) is 32.6 Å². The smallest absolute Gasteiger partial charge is 0.348 e. The molecule has 0 aliphatic rings. The van der Waals surface area contributed by atoms with Crippen molar-refractivity contribution in [2.24, 2.45) is 0 Å². The van der Waals surface area contributed by atoms with Gasteiger partial charge in [-0.3, -0.25) is 0 Å². The number of benzene rings is 1. The van der Waals surface area contributed by atoms with E-state index < -0.39 is 11.9 Å². The van der Waals surface area contributed by atoms with Crippen molar-refractivity contribution in [3.63, 3.8) is 0 Å². The van der Waals surface area contributed by atoms with Crippen LogP contribution in [0, 0.1) is 6.92 Å². The number of rotatable bonds is 7. The average molecular weight is 382 g/mol. The van der Waals surface area contributed by atoms with E-state index in [4.69, 9.17) is 21.1 Å². The Labute approximate surface area is 155 Å². The van der Waals surface area contributed by atoms with Gasteiger partial charge in [0.2, 0.25) is 0 Å². The first-order valence-electron chi connectivity index (χ1n) is 7.94. The van der Waals surface area contributed by atoms with Crippen LogP contribution in [0.3, 0.4) is 0 Å². The number of ether oxygens (including phenoxy) is 2. The zero-order chi connectivity index (χ0) is 18.4. The van der Waals surface area contributed by atoms with Gasteiger partial charge in [0.15, 0.2) is 0 Å². The Balaban J connectivity index is 2.34. The molecule has 5 nitrogen and oxygen atoms in total. The highest BCUT2D eigenvalue weighted by Crippen LogP contribution is 2.35. The lowest BCUT2D eigenvalue weighted by molar-refractivity contribution is 0.0527. The van der Waals surface area contributed by atoms with Gasteiger partial charge in [-0.25, -0.2) is 9.59 Å². The second-order valence-corrected chi connectivity index (χ2v) is 6.57. The van der Waals surface area contributed by atoms with Crippen molar-refractivity contribution in [1.82, 2.24) is 0 Å². The quantitative estimate of drug-likeness (QED) is 0.705. The number of hydrogen-bond acceptors (Lipinski definition) is 6. The van der Waals surface area contributed by atoms with Gasteiger partial charge in [-0.1, -0.05) is 29.8 Å². The van der Waals surface area contributed by atoms with Gasteiger partial charge in [-0.2, -0.15) is 0 Å². The molecular formula is C18H20ClNO4S. The Morgan fingerprint density at radius 3 is 2.40 bits per heavy atom. The lowest BCUT2D eigenvalue weighted by Gasteiger charge is -2.09. The molecule has 0 bridgehead atoms. The molecule has 2 rings (SSSR count). The van der Waals surface area contributed by atoms with Crippen molar-refractivity contribution in [3.8, 4) is 0 Å². The van der Waals surface area contributed by atoms with Crippen LogP contribution < -0.4 is 5.32 Å². The maximum Gasteiger partial charge on any atom is 0.348 e. The molecule has 1 N–H and O–H groups in total. The van der Waals surface area contributed by atoms with Crippen LogP contribution in [0.25, 0.3) is 0 Å². The summed E-state index contributed by atoms with van der Waals surface area (Å²) in [6.07, 6.45) is 0. The maximum atomic E-state index is 12.3. The zero-order valence-corrected chi connectivity index (χ0v) is 15.9. The predicted octanol–water partition coefficient (Wildman–Crippen LogP) is 4.68. The lowest BCUT2D eigenvalue weighted by atomic mass is 10.1. The molecular weight excluding hydrogens is 362 g/mol. The Hall–Kier alpha value is -2.05. The molecule has 0 saturated carbocycles. The first kappa shape index (κ1) is 19.3. The molecule has 0 radical (unpaired) electrons. The molecule has 0 unspecified atom stereocenters. The van der Waals surface area contributed by atoms with Gasteiger partial charge in [0.05, 0.1) is 18.8 Å². The minimum Gasteiger partial charge on any atom is -0.462 e. The molecule has 0 spiro atoms. The van der Waals surface area contributed by atoms with Gasteiger partial charge < -0.3 is 14.8 Å². The molecule has 0 aliphatic heterocycles. The predicted molar refractivity (Wildman–Crippen MR) is 99.7 cm³/mol. The number of nitrogens with one attached hydrogen (secondary N) is 1. The monoisotopic (exact) mass is 381 g/mol. The van der Waals surface area contributed by atoms with Crippen molar-refractivity contribution in [3.05, 3.63) is 50.9 Å². The molecule has 2 aromatic rings. The van der Waals surface area contributed by atoms with E-state index in [1.807, 2.05) is 18.2 Å². The van der Waals surface area contributed by atoms with E-state index in [1.165, 1.54) is 11.3 Å². The van der Waals surface area contributed by atoms with E-state index in [1.54, 1.807) is 26.8 Å². The van der Waals surface area contributed by atoms with Gasteiger partial charge in [0, 0.05) is 11.6 Å². The molecule has 1 heterocycles. The van der Waals surface area contributed by atoms with Crippen molar-refractivity contribution in [2.45, 2.75) is 27.3 Å². The van der Waals surface area contributed by atoms with E-state index in [-0.39, 0.29) is 13.2 Å². The third kappa shape index (κ3) is 4.52. The molecule has 1 aromatic carbocycles. The van der Waals surface area contributed by atoms with Crippen LogP contribution in [0.1, 0.15) is 45.0 Å². The SMILES string of the molecule is CCOC(=O)c1sc(NCc2ccccc2Cl)c(C(=O)OCC)c1C. The number of thiophene rings is 1. The zero-order valence-electron chi connectivity index (χ0n) is 14.3. The fourth-order valence-corrected chi connectivity index (χ4v) is 3.58. The molecule has 25 heavy (non-hydrogen) atoms. The van der Waals surface area contributed by atoms with Crippen molar-refractivity contribution >= 4 is 39.9 Å². The summed E-state index contributed by atoms with van der Waals surface area (Å²) in [5.74, 6) is -0.908. The summed E-state index contributed by atoms with van der Waals surface area (Å²) in [5.41, 5.74) is 1.81. The van der Waals surface area contributed by atoms with E-state index in [0.717, 1.165) is 5.56 Å². The van der Waals surface area contributed by atoms with E-state index in [2.05, 4.69) is 5.32 Å². The van der Waals surface area contributed by atoms with Crippen molar-refractivity contribution in [1.29, 1.82) is 0 Å². The van der Waals surface area contributed by atoms with Crippen LogP contribution in [0.4, 0.5) is 5.00 Å². The van der Waals surface area contributed by atoms with Gasteiger partial charge in [-0.05, 0) is 38.0 Å². The van der Waals surface area contributed by atoms with Crippen LogP contribution in [0.5, 0.6) is 0 Å². The molecule has 0 aliphatic carbocycles. The third-order valence-electron chi connectivity index (χ3n) is 3.48. The minimum absolute atomic E-state index is 0.257. The molecule has 0 amide bonds. The number of carbonyl (C=O) groups excluding carboxylic acids is 2. The Morgan fingerprint density at radius 2 is 1.76 bits per heavy atom. The molecule has 0 saturated heterocycles. The summed E-state index contributed by atoms with van der Waals surface area (Å²) in [6, 6.07) is 7.43. The first-order chi connectivity index (χ1) is 12.0. The molecule has 134 valence electrons. The number of carbonyl (C=O) groups is 2. The fraction of sp³-hybridized carbons (Fsp3) is 0.333. The van der Waals surface area contributed by atoms with Gasteiger partial charge in [0.25, 0.3) is 0 Å². The molecule has 1 aromatic heterocycles. The van der Waals surface area contributed by atoms with E-state index >= 15 is 0 Å². The first-order valence-corrected chi connectivity index (χ1v) is 9.13. The van der Waals surface area contributed by atoms with Crippen molar-refractivity contribution in [2.75, 3.05) is 18.5 Å². The third-order valence-corrected chi connectivity index (χ3v) is 5.08. The number of hydrogen-bond donors (Lipinski definition) is 1. The Morgan fingerprint density at radius 1 is 1.12 bits per heavy atom.